The van der Waals surface area contributed by atoms with Crippen LogP contribution in [0.4, 0.5) is 0 Å². The summed E-state index contributed by atoms with van der Waals surface area (Å²) in [5.41, 5.74) is 4.33. The number of aryl methyl sites for hydroxylation is 1. The molecule has 156 valence electrons. The van der Waals surface area contributed by atoms with Crippen molar-refractivity contribution in [1.82, 2.24) is 19.6 Å². The quantitative estimate of drug-likeness (QED) is 0.658. The minimum absolute atomic E-state index is 0.0376. The molecule has 3 heterocycles. The molecule has 1 saturated carbocycles. The van der Waals surface area contributed by atoms with E-state index >= 15 is 0 Å². The molecule has 1 aromatic heterocycles. The summed E-state index contributed by atoms with van der Waals surface area (Å²) in [5, 5.41) is 4.74. The summed E-state index contributed by atoms with van der Waals surface area (Å²) in [6.45, 7) is 3.19. The average molecular weight is 412 g/mol. The van der Waals surface area contributed by atoms with Gasteiger partial charge in [0.25, 0.3) is 11.8 Å². The van der Waals surface area contributed by atoms with Crippen LogP contribution in [0.3, 0.4) is 0 Å². The molecule has 0 bridgehead atoms. The molecule has 0 spiro atoms. The number of hydrogen-bond acceptors (Lipinski definition) is 3. The van der Waals surface area contributed by atoms with E-state index < -0.39 is 0 Å². The SMILES string of the molecule is Cc1nn(-c2ccccc2)c2c1C(C1CC1)N(C1CN(C(=O)c3ccccc3)C1)C2=O. The fourth-order valence-corrected chi connectivity index (χ4v) is 5.07. The highest BCUT2D eigenvalue weighted by molar-refractivity contribution is 5.99. The lowest BCUT2D eigenvalue weighted by atomic mass is 9.99. The molecule has 1 aliphatic carbocycles. The number of benzene rings is 2. The second-order valence-corrected chi connectivity index (χ2v) is 8.82. The van der Waals surface area contributed by atoms with Gasteiger partial charge in [-0.2, -0.15) is 5.10 Å². The van der Waals surface area contributed by atoms with Gasteiger partial charge in [0.2, 0.25) is 0 Å². The Hall–Kier alpha value is -3.41. The van der Waals surface area contributed by atoms with Crippen LogP contribution >= 0.6 is 0 Å². The van der Waals surface area contributed by atoms with E-state index in [2.05, 4.69) is 4.90 Å². The van der Waals surface area contributed by atoms with Gasteiger partial charge in [-0.1, -0.05) is 36.4 Å². The lowest BCUT2D eigenvalue weighted by molar-refractivity contribution is 0.0115. The van der Waals surface area contributed by atoms with Crippen molar-refractivity contribution in [3.63, 3.8) is 0 Å². The van der Waals surface area contributed by atoms with Crippen LogP contribution in [0, 0.1) is 12.8 Å². The van der Waals surface area contributed by atoms with E-state index in [0.29, 0.717) is 30.3 Å². The van der Waals surface area contributed by atoms with Crippen molar-refractivity contribution in [2.45, 2.75) is 31.8 Å². The van der Waals surface area contributed by atoms with Crippen molar-refractivity contribution in [3.8, 4) is 5.69 Å². The molecule has 1 atom stereocenters. The van der Waals surface area contributed by atoms with Gasteiger partial charge in [0.15, 0.2) is 0 Å². The van der Waals surface area contributed by atoms with Crippen LogP contribution in [0.1, 0.15) is 51.0 Å². The molecule has 31 heavy (non-hydrogen) atoms. The van der Waals surface area contributed by atoms with Crippen LogP contribution in [-0.2, 0) is 0 Å². The lowest BCUT2D eigenvalue weighted by Crippen LogP contribution is -2.62. The maximum Gasteiger partial charge on any atom is 0.273 e. The molecule has 1 saturated heterocycles. The molecule has 1 unspecified atom stereocenters. The fraction of sp³-hybridized carbons (Fsp3) is 0.320. The number of nitrogens with zero attached hydrogens (tertiary/aromatic N) is 4. The van der Waals surface area contributed by atoms with Crippen molar-refractivity contribution >= 4 is 11.8 Å². The molecule has 0 radical (unpaired) electrons. The van der Waals surface area contributed by atoms with Gasteiger partial charge < -0.3 is 9.80 Å². The minimum atomic E-state index is 0.0376. The number of para-hydroxylation sites is 1. The van der Waals surface area contributed by atoms with Crippen LogP contribution in [0.25, 0.3) is 5.69 Å². The number of carbonyl (C=O) groups excluding carboxylic acids is 2. The first-order valence-electron chi connectivity index (χ1n) is 11.0. The Labute approximate surface area is 181 Å². The van der Waals surface area contributed by atoms with Crippen LogP contribution in [0.5, 0.6) is 0 Å². The van der Waals surface area contributed by atoms with Crippen LogP contribution in [-0.4, -0.2) is 50.5 Å². The molecule has 2 aromatic carbocycles. The predicted octanol–water partition coefficient (Wildman–Crippen LogP) is 3.61. The Morgan fingerprint density at radius 2 is 1.61 bits per heavy atom. The van der Waals surface area contributed by atoms with E-state index in [-0.39, 0.29) is 23.9 Å². The molecule has 2 amide bonds. The van der Waals surface area contributed by atoms with Gasteiger partial charge >= 0.3 is 0 Å². The maximum atomic E-state index is 13.7. The molecule has 6 nitrogen and oxygen atoms in total. The highest BCUT2D eigenvalue weighted by Crippen LogP contribution is 2.52. The number of fused-ring (bicyclic) bond motifs is 1. The van der Waals surface area contributed by atoms with Gasteiger partial charge in [-0.15, -0.1) is 0 Å². The first-order valence-corrected chi connectivity index (χ1v) is 11.0. The summed E-state index contributed by atoms with van der Waals surface area (Å²) in [7, 11) is 0. The van der Waals surface area contributed by atoms with E-state index in [1.807, 2.05) is 77.2 Å². The number of carbonyl (C=O) groups is 2. The normalized spacial score (nSPS) is 20.7. The van der Waals surface area contributed by atoms with Gasteiger partial charge in [0, 0.05) is 24.2 Å². The number of hydrogen-bond donors (Lipinski definition) is 0. The number of aromatic nitrogens is 2. The van der Waals surface area contributed by atoms with Gasteiger partial charge in [-0.05, 0) is 49.9 Å². The third kappa shape index (κ3) is 2.81. The molecule has 6 rings (SSSR count). The summed E-state index contributed by atoms with van der Waals surface area (Å²) in [4.78, 5) is 30.4. The third-order valence-corrected chi connectivity index (χ3v) is 6.77. The van der Waals surface area contributed by atoms with Gasteiger partial charge in [-0.3, -0.25) is 9.59 Å². The lowest BCUT2D eigenvalue weighted by Gasteiger charge is -2.46. The summed E-state index contributed by atoms with van der Waals surface area (Å²) in [5.74, 6) is 0.583. The fourth-order valence-electron chi connectivity index (χ4n) is 5.07. The standard InChI is InChI=1S/C25H24N4O2/c1-16-21-22(17-12-13-17)28(20-14-27(15-20)24(30)18-8-4-2-5-9-18)25(31)23(21)29(26-16)19-10-6-3-7-11-19/h2-11,17,20,22H,12-15H2,1H3. The van der Waals surface area contributed by atoms with Crippen LogP contribution in [0.15, 0.2) is 60.7 Å². The van der Waals surface area contributed by atoms with E-state index in [0.717, 1.165) is 29.8 Å². The molecule has 3 aliphatic rings. The Morgan fingerprint density at radius 1 is 0.968 bits per heavy atom. The zero-order valence-corrected chi connectivity index (χ0v) is 17.4. The van der Waals surface area contributed by atoms with Crippen molar-refractivity contribution in [3.05, 3.63) is 83.2 Å². The Kier molecular flexibility index (Phi) is 4.03. The average Bonchev–Trinajstić information content (AvgIpc) is 3.49. The van der Waals surface area contributed by atoms with E-state index in [9.17, 15) is 9.59 Å². The van der Waals surface area contributed by atoms with Gasteiger partial charge in [0.05, 0.1) is 23.5 Å². The number of rotatable bonds is 4. The Balaban J connectivity index is 1.30. The summed E-state index contributed by atoms with van der Waals surface area (Å²) >= 11 is 0. The zero-order valence-electron chi connectivity index (χ0n) is 17.4. The molecular formula is C25H24N4O2. The van der Waals surface area contributed by atoms with Crippen molar-refractivity contribution in [2.24, 2.45) is 5.92 Å². The molecule has 0 N–H and O–H groups in total. The van der Waals surface area contributed by atoms with Crippen LogP contribution in [0.2, 0.25) is 0 Å². The molecule has 2 fully saturated rings. The second kappa shape index (κ2) is 6.80. The molecule has 6 heteroatoms. The van der Waals surface area contributed by atoms with E-state index in [1.54, 1.807) is 0 Å². The number of amides is 2. The summed E-state index contributed by atoms with van der Waals surface area (Å²) < 4.78 is 1.81. The molecular weight excluding hydrogens is 388 g/mol. The first-order chi connectivity index (χ1) is 15.1. The largest absolute Gasteiger partial charge is 0.334 e. The summed E-state index contributed by atoms with van der Waals surface area (Å²) in [6.07, 6.45) is 2.28. The third-order valence-electron chi connectivity index (χ3n) is 6.77. The Morgan fingerprint density at radius 3 is 2.26 bits per heavy atom. The zero-order chi connectivity index (χ0) is 21.1. The minimum Gasteiger partial charge on any atom is -0.334 e. The van der Waals surface area contributed by atoms with Crippen LogP contribution < -0.4 is 0 Å². The van der Waals surface area contributed by atoms with Gasteiger partial charge in [-0.25, -0.2) is 4.68 Å². The number of likely N-dealkylation sites (tertiary alicyclic amines) is 1. The topological polar surface area (TPSA) is 58.4 Å². The van der Waals surface area contributed by atoms with Crippen molar-refractivity contribution in [2.75, 3.05) is 13.1 Å². The molecule has 3 aromatic rings. The first kappa shape index (κ1) is 18.4. The predicted molar refractivity (Wildman–Crippen MR) is 116 cm³/mol. The molecule has 2 aliphatic heterocycles. The smallest absolute Gasteiger partial charge is 0.273 e. The second-order valence-electron chi connectivity index (χ2n) is 8.82. The highest BCUT2D eigenvalue weighted by Gasteiger charge is 2.53. The van der Waals surface area contributed by atoms with Crippen molar-refractivity contribution in [1.29, 1.82) is 0 Å². The van der Waals surface area contributed by atoms with E-state index in [4.69, 9.17) is 5.10 Å². The van der Waals surface area contributed by atoms with E-state index in [1.165, 1.54) is 0 Å². The summed E-state index contributed by atoms with van der Waals surface area (Å²) in [6, 6.07) is 19.4. The maximum absolute atomic E-state index is 13.7. The van der Waals surface area contributed by atoms with Gasteiger partial charge in [0.1, 0.15) is 5.69 Å². The Bertz CT molecular complexity index is 1160. The van der Waals surface area contributed by atoms with Crippen molar-refractivity contribution < 1.29 is 9.59 Å². The monoisotopic (exact) mass is 412 g/mol. The highest BCUT2D eigenvalue weighted by atomic mass is 16.2.